The highest BCUT2D eigenvalue weighted by molar-refractivity contribution is 5.80. The van der Waals surface area contributed by atoms with Gasteiger partial charge in [-0.25, -0.2) is 4.68 Å². The summed E-state index contributed by atoms with van der Waals surface area (Å²) in [6, 6.07) is 5.50. The molecule has 4 nitrogen and oxygen atoms in total. The lowest BCUT2D eigenvalue weighted by Gasteiger charge is -2.33. The zero-order valence-electron chi connectivity index (χ0n) is 17.4. The minimum Gasteiger partial charge on any atom is -0.337 e. The number of halogens is 3. The van der Waals surface area contributed by atoms with Crippen LogP contribution in [0, 0.1) is 13.8 Å². The number of hydrogen-bond acceptors (Lipinski definition) is 2. The van der Waals surface area contributed by atoms with E-state index in [1.54, 1.807) is 19.9 Å². The molecular weight excluding hydrogens is 379 g/mol. The van der Waals surface area contributed by atoms with Gasteiger partial charge in [-0.05, 0) is 58.7 Å². The first-order chi connectivity index (χ1) is 13.6. The third-order valence-corrected chi connectivity index (χ3v) is 5.75. The molecule has 1 fully saturated rings. The molecule has 0 unspecified atom stereocenters. The molecule has 0 atom stereocenters. The first-order valence-electron chi connectivity index (χ1n) is 10.1. The normalized spacial score (nSPS) is 15.3. The summed E-state index contributed by atoms with van der Waals surface area (Å²) in [4.78, 5) is 15.1. The molecule has 1 aromatic carbocycles. The van der Waals surface area contributed by atoms with Crippen molar-refractivity contribution in [3.8, 4) is 5.69 Å². The number of hydrogen-bond donors (Lipinski definition) is 0. The minimum absolute atomic E-state index is 0.0571. The summed E-state index contributed by atoms with van der Waals surface area (Å²) in [5.41, 5.74) is 1.78. The highest BCUT2D eigenvalue weighted by Crippen LogP contribution is 2.31. The predicted molar refractivity (Wildman–Crippen MR) is 106 cm³/mol. The summed E-state index contributed by atoms with van der Waals surface area (Å²) < 4.78 is 40.7. The van der Waals surface area contributed by atoms with Crippen molar-refractivity contribution in [2.45, 2.75) is 78.1 Å². The summed E-state index contributed by atoms with van der Waals surface area (Å²) in [5.74, 6) is 0.0571. The number of nitrogens with zero attached hydrogens (tertiary/aromatic N) is 3. The van der Waals surface area contributed by atoms with Crippen molar-refractivity contribution in [3.05, 3.63) is 46.8 Å². The fraction of sp³-hybridized carbons (Fsp3) is 0.545. The number of aromatic nitrogens is 2. The molecule has 7 heteroatoms. The molecule has 29 heavy (non-hydrogen) atoms. The molecule has 0 saturated heterocycles. The molecule has 158 valence electrons. The van der Waals surface area contributed by atoms with Gasteiger partial charge >= 0.3 is 6.18 Å². The summed E-state index contributed by atoms with van der Waals surface area (Å²) in [6.45, 7) is 7.66. The van der Waals surface area contributed by atoms with E-state index < -0.39 is 11.7 Å². The number of rotatable bonds is 5. The second kappa shape index (κ2) is 8.20. The third kappa shape index (κ3) is 4.49. The minimum atomic E-state index is -4.41. The molecule has 0 radical (unpaired) electrons. The summed E-state index contributed by atoms with van der Waals surface area (Å²) in [7, 11) is 0. The first kappa shape index (κ1) is 21.4. The topological polar surface area (TPSA) is 38.1 Å². The van der Waals surface area contributed by atoms with Crippen LogP contribution in [0.2, 0.25) is 0 Å². The lowest BCUT2D eigenvalue weighted by molar-refractivity contribution is -0.137. The molecule has 0 bridgehead atoms. The Kier molecular flexibility index (Phi) is 6.05. The summed E-state index contributed by atoms with van der Waals surface area (Å²) in [5, 5.41) is 4.44. The van der Waals surface area contributed by atoms with Gasteiger partial charge in [-0.1, -0.05) is 18.9 Å². The van der Waals surface area contributed by atoms with Gasteiger partial charge in [-0.3, -0.25) is 4.79 Å². The molecule has 1 aromatic heterocycles. The van der Waals surface area contributed by atoms with Crippen molar-refractivity contribution >= 4 is 5.91 Å². The number of aryl methyl sites for hydroxylation is 1. The Balaban J connectivity index is 1.89. The molecule has 0 N–H and O–H groups in total. The van der Waals surface area contributed by atoms with Crippen molar-refractivity contribution in [2.24, 2.45) is 0 Å². The Hall–Kier alpha value is -2.31. The smallest absolute Gasteiger partial charge is 0.337 e. The highest BCUT2D eigenvalue weighted by atomic mass is 19.4. The van der Waals surface area contributed by atoms with Crippen LogP contribution in [0.4, 0.5) is 13.2 Å². The Bertz CT molecular complexity index is 880. The van der Waals surface area contributed by atoms with Gasteiger partial charge in [0, 0.05) is 23.3 Å². The number of amides is 1. The van der Waals surface area contributed by atoms with E-state index >= 15 is 0 Å². The van der Waals surface area contributed by atoms with Crippen LogP contribution in [-0.2, 0) is 17.4 Å². The summed E-state index contributed by atoms with van der Waals surface area (Å²) in [6.07, 6.45) is 0.158. The Morgan fingerprint density at radius 3 is 2.48 bits per heavy atom. The molecule has 1 aliphatic carbocycles. The highest BCUT2D eigenvalue weighted by Gasteiger charge is 2.32. The maximum atomic E-state index is 13.1. The van der Waals surface area contributed by atoms with Gasteiger partial charge in [0.15, 0.2) is 0 Å². The molecule has 1 saturated carbocycles. The Morgan fingerprint density at radius 1 is 1.24 bits per heavy atom. The molecule has 0 spiro atoms. The van der Waals surface area contributed by atoms with Crippen LogP contribution in [0.15, 0.2) is 24.3 Å². The number of alkyl halides is 3. The van der Waals surface area contributed by atoms with Gasteiger partial charge < -0.3 is 4.90 Å². The van der Waals surface area contributed by atoms with E-state index in [9.17, 15) is 18.0 Å². The zero-order chi connectivity index (χ0) is 21.3. The van der Waals surface area contributed by atoms with Gasteiger partial charge in [0.25, 0.3) is 0 Å². The van der Waals surface area contributed by atoms with Gasteiger partial charge in [0.1, 0.15) is 0 Å². The van der Waals surface area contributed by atoms with Crippen molar-refractivity contribution in [2.75, 3.05) is 0 Å². The van der Waals surface area contributed by atoms with Crippen LogP contribution in [-0.4, -0.2) is 32.7 Å². The fourth-order valence-electron chi connectivity index (χ4n) is 4.33. The van der Waals surface area contributed by atoms with Gasteiger partial charge in [0.05, 0.1) is 23.4 Å². The van der Waals surface area contributed by atoms with Crippen molar-refractivity contribution in [1.29, 1.82) is 0 Å². The predicted octanol–water partition coefficient (Wildman–Crippen LogP) is 5.23. The monoisotopic (exact) mass is 407 g/mol. The molecule has 3 rings (SSSR count). The van der Waals surface area contributed by atoms with E-state index in [2.05, 4.69) is 5.10 Å². The number of carbonyl (C=O) groups excluding carboxylic acids is 1. The van der Waals surface area contributed by atoms with E-state index in [0.717, 1.165) is 43.4 Å². The van der Waals surface area contributed by atoms with Crippen LogP contribution < -0.4 is 0 Å². The first-order valence-corrected chi connectivity index (χ1v) is 10.1. The molecule has 1 aliphatic rings. The SMILES string of the molecule is Cc1nn(-c2cccc(C(F)(F)F)c2)c(C)c1CC(=O)N(C(C)C)C1CCCC1. The maximum absolute atomic E-state index is 13.1. The molecular formula is C22H28F3N3O. The summed E-state index contributed by atoms with van der Waals surface area (Å²) >= 11 is 0. The van der Waals surface area contributed by atoms with Crippen LogP contribution in [0.25, 0.3) is 5.69 Å². The Morgan fingerprint density at radius 2 is 1.90 bits per heavy atom. The second-order valence-corrected chi connectivity index (χ2v) is 8.12. The third-order valence-electron chi connectivity index (χ3n) is 5.75. The van der Waals surface area contributed by atoms with Crippen molar-refractivity contribution in [3.63, 3.8) is 0 Å². The molecule has 1 heterocycles. The van der Waals surface area contributed by atoms with Gasteiger partial charge in [0.2, 0.25) is 5.91 Å². The molecule has 0 aliphatic heterocycles. The van der Waals surface area contributed by atoms with E-state index in [-0.39, 0.29) is 24.4 Å². The quantitative estimate of drug-likeness (QED) is 0.681. The van der Waals surface area contributed by atoms with Crippen LogP contribution in [0.5, 0.6) is 0 Å². The lowest BCUT2D eigenvalue weighted by Crippen LogP contribution is -2.44. The average Bonchev–Trinajstić information content (AvgIpc) is 3.25. The van der Waals surface area contributed by atoms with Crippen LogP contribution >= 0.6 is 0 Å². The maximum Gasteiger partial charge on any atom is 0.416 e. The van der Waals surface area contributed by atoms with E-state index in [1.807, 2.05) is 18.7 Å². The number of benzene rings is 1. The van der Waals surface area contributed by atoms with E-state index in [1.165, 1.54) is 10.7 Å². The molecule has 2 aromatic rings. The van der Waals surface area contributed by atoms with Crippen LogP contribution in [0.3, 0.4) is 0 Å². The average molecular weight is 407 g/mol. The lowest BCUT2D eigenvalue weighted by atomic mass is 10.1. The van der Waals surface area contributed by atoms with Crippen molar-refractivity contribution in [1.82, 2.24) is 14.7 Å². The molecule has 1 amide bonds. The fourth-order valence-corrected chi connectivity index (χ4v) is 4.33. The van der Waals surface area contributed by atoms with E-state index in [0.29, 0.717) is 17.1 Å². The van der Waals surface area contributed by atoms with Gasteiger partial charge in [-0.2, -0.15) is 18.3 Å². The standard InChI is InChI=1S/C22H28F3N3O/c1-14(2)27(18-9-5-6-10-18)21(29)13-20-15(3)26-28(16(20)4)19-11-7-8-17(12-19)22(23,24)25/h7-8,11-12,14,18H,5-6,9-10,13H2,1-4H3. The Labute approximate surface area is 169 Å². The van der Waals surface area contributed by atoms with Crippen LogP contribution in [0.1, 0.15) is 62.0 Å². The van der Waals surface area contributed by atoms with Crippen molar-refractivity contribution < 1.29 is 18.0 Å². The zero-order valence-corrected chi connectivity index (χ0v) is 17.4. The van der Waals surface area contributed by atoms with E-state index in [4.69, 9.17) is 0 Å². The largest absolute Gasteiger partial charge is 0.416 e. The number of carbonyl (C=O) groups is 1. The van der Waals surface area contributed by atoms with Gasteiger partial charge in [-0.15, -0.1) is 0 Å². The second-order valence-electron chi connectivity index (χ2n) is 8.12.